The van der Waals surface area contributed by atoms with Crippen LogP contribution in [0.5, 0.6) is 0 Å². The van der Waals surface area contributed by atoms with Crippen LogP contribution in [0.4, 0.5) is 0 Å². The van der Waals surface area contributed by atoms with Gasteiger partial charge in [-0.25, -0.2) is 23.1 Å². The van der Waals surface area contributed by atoms with Gasteiger partial charge in [0, 0.05) is 11.6 Å². The summed E-state index contributed by atoms with van der Waals surface area (Å²) in [5.41, 5.74) is 0.794. The molecule has 0 saturated carbocycles. The first-order chi connectivity index (χ1) is 8.97. The lowest BCUT2D eigenvalue weighted by Crippen LogP contribution is -2.23. The summed E-state index contributed by atoms with van der Waals surface area (Å²) >= 11 is 11.2. The molecule has 0 fully saturated rings. The number of hydrogen-bond donors (Lipinski definition) is 1. The highest BCUT2D eigenvalue weighted by molar-refractivity contribution is 7.89. The van der Waals surface area contributed by atoms with Crippen molar-refractivity contribution in [3.05, 3.63) is 52.5 Å². The van der Waals surface area contributed by atoms with Gasteiger partial charge in [0.1, 0.15) is 4.90 Å². The predicted octanol–water partition coefficient (Wildman–Crippen LogP) is 2.26. The van der Waals surface area contributed by atoms with E-state index in [0.717, 1.165) is 18.0 Å². The highest BCUT2D eigenvalue weighted by Crippen LogP contribution is 2.11. The van der Waals surface area contributed by atoms with Crippen LogP contribution in [0.15, 0.2) is 41.6 Å². The van der Waals surface area contributed by atoms with Gasteiger partial charge < -0.3 is 0 Å². The van der Waals surface area contributed by atoms with Crippen molar-refractivity contribution in [3.8, 4) is 0 Å². The van der Waals surface area contributed by atoms with E-state index < -0.39 is 10.0 Å². The van der Waals surface area contributed by atoms with Crippen LogP contribution in [0.2, 0.25) is 10.3 Å². The zero-order valence-corrected chi connectivity index (χ0v) is 11.9. The Balaban J connectivity index is 2.09. The fourth-order valence-corrected chi connectivity index (χ4v) is 2.43. The molecule has 2 aromatic rings. The van der Waals surface area contributed by atoms with Gasteiger partial charge in [-0.2, -0.15) is 0 Å². The van der Waals surface area contributed by atoms with Crippen molar-refractivity contribution in [3.63, 3.8) is 0 Å². The van der Waals surface area contributed by atoms with Crippen molar-refractivity contribution in [1.29, 1.82) is 0 Å². The Hall–Kier alpha value is -1.21. The van der Waals surface area contributed by atoms with Crippen LogP contribution < -0.4 is 4.72 Å². The summed E-state index contributed by atoms with van der Waals surface area (Å²) in [6.45, 7) is 0.155. The van der Waals surface area contributed by atoms with E-state index in [1.807, 2.05) is 0 Å². The molecule has 0 aliphatic carbocycles. The van der Waals surface area contributed by atoms with Crippen molar-refractivity contribution in [1.82, 2.24) is 14.7 Å². The van der Waals surface area contributed by atoms with Gasteiger partial charge in [-0.05, 0) is 29.3 Å². The monoisotopic (exact) mass is 317 g/mol. The van der Waals surface area contributed by atoms with Gasteiger partial charge in [0.25, 0.3) is 0 Å². The molecule has 100 valence electrons. The second kappa shape index (κ2) is 5.83. The Morgan fingerprint density at radius 3 is 2.21 bits per heavy atom. The molecular weight excluding hydrogens is 309 g/mol. The van der Waals surface area contributed by atoms with Crippen LogP contribution in [0.25, 0.3) is 0 Å². The van der Waals surface area contributed by atoms with Gasteiger partial charge in [-0.15, -0.1) is 0 Å². The minimum absolute atomic E-state index is 0.00310. The van der Waals surface area contributed by atoms with Crippen molar-refractivity contribution in [2.45, 2.75) is 11.4 Å². The third-order valence-corrected chi connectivity index (χ3v) is 4.09. The number of sulfonamides is 1. The molecule has 0 spiro atoms. The van der Waals surface area contributed by atoms with Gasteiger partial charge in [-0.3, -0.25) is 0 Å². The molecule has 2 rings (SSSR count). The average Bonchev–Trinajstić information content (AvgIpc) is 2.39. The van der Waals surface area contributed by atoms with E-state index in [0.29, 0.717) is 5.02 Å². The number of aromatic nitrogens is 2. The van der Waals surface area contributed by atoms with Gasteiger partial charge in [0.15, 0.2) is 0 Å². The van der Waals surface area contributed by atoms with Crippen molar-refractivity contribution in [2.24, 2.45) is 0 Å². The van der Waals surface area contributed by atoms with E-state index in [1.54, 1.807) is 24.3 Å². The molecule has 5 nitrogen and oxygen atoms in total. The molecule has 0 atom stereocenters. The number of halogens is 2. The maximum absolute atomic E-state index is 11.9. The molecule has 0 amide bonds. The van der Waals surface area contributed by atoms with Crippen LogP contribution in [0.1, 0.15) is 5.56 Å². The fraction of sp³-hybridized carbons (Fsp3) is 0.0909. The van der Waals surface area contributed by atoms with Gasteiger partial charge >= 0.3 is 0 Å². The maximum Gasteiger partial charge on any atom is 0.243 e. The third kappa shape index (κ3) is 3.87. The topological polar surface area (TPSA) is 72.0 Å². The maximum atomic E-state index is 11.9. The number of hydrogen-bond acceptors (Lipinski definition) is 4. The van der Waals surface area contributed by atoms with Crippen LogP contribution in [-0.4, -0.2) is 18.4 Å². The Morgan fingerprint density at radius 2 is 1.63 bits per heavy atom. The van der Waals surface area contributed by atoms with E-state index in [4.69, 9.17) is 23.2 Å². The van der Waals surface area contributed by atoms with Crippen molar-refractivity contribution in [2.75, 3.05) is 0 Å². The molecule has 1 heterocycles. The molecule has 0 unspecified atom stereocenters. The van der Waals surface area contributed by atoms with Crippen LogP contribution in [0.3, 0.4) is 0 Å². The number of benzene rings is 1. The van der Waals surface area contributed by atoms with Crippen LogP contribution in [0, 0.1) is 0 Å². The lowest BCUT2D eigenvalue weighted by atomic mass is 10.2. The van der Waals surface area contributed by atoms with Crippen LogP contribution in [-0.2, 0) is 16.6 Å². The summed E-state index contributed by atoms with van der Waals surface area (Å²) in [5, 5.41) is 0.592. The molecule has 0 radical (unpaired) electrons. The zero-order valence-electron chi connectivity index (χ0n) is 9.55. The molecule has 1 aromatic heterocycles. The summed E-state index contributed by atoms with van der Waals surface area (Å²) in [6.07, 6.45) is 2.30. The van der Waals surface area contributed by atoms with Gasteiger partial charge in [0.05, 0.1) is 12.4 Å². The molecule has 0 saturated heterocycles. The lowest BCUT2D eigenvalue weighted by molar-refractivity contribution is 0.580. The first kappa shape index (κ1) is 14.2. The number of rotatable bonds is 4. The van der Waals surface area contributed by atoms with Crippen molar-refractivity contribution >= 4 is 33.2 Å². The normalized spacial score (nSPS) is 11.5. The smallest absolute Gasteiger partial charge is 0.225 e. The van der Waals surface area contributed by atoms with Gasteiger partial charge in [-0.1, -0.05) is 23.7 Å². The highest BCUT2D eigenvalue weighted by Gasteiger charge is 2.14. The third-order valence-electron chi connectivity index (χ3n) is 2.29. The molecule has 0 bridgehead atoms. The molecule has 0 aliphatic heterocycles. The summed E-state index contributed by atoms with van der Waals surface area (Å²) < 4.78 is 26.3. The molecule has 1 aromatic carbocycles. The second-order valence-corrected chi connectivity index (χ2v) is 6.18. The largest absolute Gasteiger partial charge is 0.243 e. The summed E-state index contributed by atoms with van der Waals surface area (Å²) in [4.78, 5) is 7.22. The Labute approximate surface area is 120 Å². The Kier molecular flexibility index (Phi) is 4.36. The fourth-order valence-electron chi connectivity index (χ4n) is 1.30. The number of nitrogens with one attached hydrogen (secondary N) is 1. The van der Waals surface area contributed by atoms with E-state index >= 15 is 0 Å². The SMILES string of the molecule is O=S(=O)(NCc1ccc(Cl)cc1)c1cnc(Cl)nc1. The molecule has 0 aliphatic rings. The standard InChI is InChI=1S/C11H9Cl2N3O2S/c12-9-3-1-8(2-4-9)5-16-19(17,18)10-6-14-11(13)15-7-10/h1-4,6-7,16H,5H2. The molecular formula is C11H9Cl2N3O2S. The first-order valence-electron chi connectivity index (χ1n) is 5.19. The summed E-state index contributed by atoms with van der Waals surface area (Å²) in [6, 6.07) is 6.86. The molecule has 1 N–H and O–H groups in total. The highest BCUT2D eigenvalue weighted by atomic mass is 35.5. The lowest BCUT2D eigenvalue weighted by Gasteiger charge is -2.06. The first-order valence-corrected chi connectivity index (χ1v) is 7.43. The molecule has 19 heavy (non-hydrogen) atoms. The minimum Gasteiger partial charge on any atom is -0.225 e. The predicted molar refractivity (Wildman–Crippen MR) is 72.5 cm³/mol. The Bertz CT molecular complexity index is 657. The van der Waals surface area contributed by atoms with Gasteiger partial charge in [0.2, 0.25) is 15.3 Å². The summed E-state index contributed by atoms with van der Waals surface area (Å²) in [5.74, 6) is 0. The summed E-state index contributed by atoms with van der Waals surface area (Å²) in [7, 11) is -3.65. The van der Waals surface area contributed by atoms with E-state index in [-0.39, 0.29) is 16.7 Å². The Morgan fingerprint density at radius 1 is 1.05 bits per heavy atom. The minimum atomic E-state index is -3.65. The van der Waals surface area contributed by atoms with Crippen molar-refractivity contribution < 1.29 is 8.42 Å². The van der Waals surface area contributed by atoms with E-state index in [2.05, 4.69) is 14.7 Å². The van der Waals surface area contributed by atoms with E-state index in [9.17, 15) is 8.42 Å². The average molecular weight is 318 g/mol. The quantitative estimate of drug-likeness (QED) is 0.878. The zero-order chi connectivity index (χ0) is 13.9. The van der Waals surface area contributed by atoms with Crippen LogP contribution >= 0.6 is 23.2 Å². The number of nitrogens with zero attached hydrogens (tertiary/aromatic N) is 2. The van der Waals surface area contributed by atoms with E-state index in [1.165, 1.54) is 0 Å². The second-order valence-electron chi connectivity index (χ2n) is 3.64. The molecule has 8 heteroatoms.